The van der Waals surface area contributed by atoms with E-state index < -0.39 is 0 Å². The molecule has 0 spiro atoms. The van der Waals surface area contributed by atoms with Crippen molar-refractivity contribution in [3.63, 3.8) is 0 Å². The number of amides is 2. The van der Waals surface area contributed by atoms with Crippen LogP contribution in [0.5, 0.6) is 5.75 Å². The Balaban J connectivity index is 2.47. The monoisotopic (exact) mass is 256 g/mol. The first-order chi connectivity index (χ1) is 8.17. The Morgan fingerprint density at radius 1 is 1.41 bits per heavy atom. The molecule has 0 radical (unpaired) electrons. The Kier molecular flexibility index (Phi) is 5.63. The first-order valence-corrected chi connectivity index (χ1v) is 5.89. The van der Waals surface area contributed by atoms with E-state index in [1.165, 1.54) is 0 Å². The normalized spacial score (nSPS) is 9.82. The van der Waals surface area contributed by atoms with Gasteiger partial charge in [0, 0.05) is 13.1 Å². The van der Waals surface area contributed by atoms with Crippen molar-refractivity contribution in [3.05, 3.63) is 28.8 Å². The first-order valence-electron chi connectivity index (χ1n) is 5.51. The van der Waals surface area contributed by atoms with Crippen molar-refractivity contribution < 1.29 is 9.53 Å². The highest BCUT2D eigenvalue weighted by Crippen LogP contribution is 2.24. The zero-order chi connectivity index (χ0) is 12.7. The number of carbonyl (C=O) groups is 1. The number of urea groups is 1. The number of carbonyl (C=O) groups excluding carboxylic acids is 1. The van der Waals surface area contributed by atoms with Crippen LogP contribution in [0.2, 0.25) is 5.02 Å². The van der Waals surface area contributed by atoms with Crippen molar-refractivity contribution in [2.24, 2.45) is 0 Å². The topological polar surface area (TPSA) is 50.4 Å². The van der Waals surface area contributed by atoms with Crippen LogP contribution in [0, 0.1) is 0 Å². The molecule has 1 aromatic carbocycles. The fourth-order valence-electron chi connectivity index (χ4n) is 1.30. The van der Waals surface area contributed by atoms with Crippen LogP contribution >= 0.6 is 11.6 Å². The molecule has 0 atom stereocenters. The van der Waals surface area contributed by atoms with Crippen LogP contribution in [-0.4, -0.2) is 19.7 Å². The lowest BCUT2D eigenvalue weighted by atomic mass is 10.2. The summed E-state index contributed by atoms with van der Waals surface area (Å²) in [7, 11) is 1.57. The van der Waals surface area contributed by atoms with Crippen LogP contribution in [0.3, 0.4) is 0 Å². The van der Waals surface area contributed by atoms with Crippen molar-refractivity contribution in [2.45, 2.75) is 19.9 Å². The number of rotatable bonds is 5. The third-order valence-corrected chi connectivity index (χ3v) is 2.50. The molecule has 17 heavy (non-hydrogen) atoms. The highest BCUT2D eigenvalue weighted by atomic mass is 35.5. The molecule has 0 aliphatic carbocycles. The Hall–Kier alpha value is -1.42. The van der Waals surface area contributed by atoms with Crippen LogP contribution in [0.25, 0.3) is 0 Å². The lowest BCUT2D eigenvalue weighted by Gasteiger charge is -2.08. The fraction of sp³-hybridized carbons (Fsp3) is 0.417. The molecule has 94 valence electrons. The quantitative estimate of drug-likeness (QED) is 0.851. The van der Waals surface area contributed by atoms with Crippen LogP contribution in [0.1, 0.15) is 18.9 Å². The molecule has 0 heterocycles. The van der Waals surface area contributed by atoms with Gasteiger partial charge in [-0.05, 0) is 24.1 Å². The highest BCUT2D eigenvalue weighted by Gasteiger charge is 2.03. The highest BCUT2D eigenvalue weighted by molar-refractivity contribution is 6.32. The predicted octanol–water partition coefficient (Wildman–Crippen LogP) is 2.56. The molecular weight excluding hydrogens is 240 g/mol. The number of methoxy groups -OCH3 is 1. The van der Waals surface area contributed by atoms with Gasteiger partial charge >= 0.3 is 6.03 Å². The third kappa shape index (κ3) is 4.53. The van der Waals surface area contributed by atoms with Gasteiger partial charge in [0.15, 0.2) is 0 Å². The maximum Gasteiger partial charge on any atom is 0.315 e. The van der Waals surface area contributed by atoms with Gasteiger partial charge in [-0.25, -0.2) is 4.79 Å². The summed E-state index contributed by atoms with van der Waals surface area (Å²) in [6.45, 7) is 3.12. The maximum absolute atomic E-state index is 11.3. The van der Waals surface area contributed by atoms with E-state index in [1.54, 1.807) is 19.2 Å². The largest absolute Gasteiger partial charge is 0.495 e. The molecule has 0 aromatic heterocycles. The lowest BCUT2D eigenvalue weighted by molar-refractivity contribution is 0.240. The molecule has 1 rings (SSSR count). The maximum atomic E-state index is 11.3. The number of halogens is 1. The van der Waals surface area contributed by atoms with E-state index in [9.17, 15) is 4.79 Å². The smallest absolute Gasteiger partial charge is 0.315 e. The van der Waals surface area contributed by atoms with E-state index in [-0.39, 0.29) is 6.03 Å². The second-order valence-corrected chi connectivity index (χ2v) is 3.99. The SMILES string of the molecule is CCCNC(=O)NCc1ccc(OC)c(Cl)c1. The number of ether oxygens (including phenoxy) is 1. The van der Waals surface area contributed by atoms with Crippen molar-refractivity contribution in [3.8, 4) is 5.75 Å². The zero-order valence-corrected chi connectivity index (χ0v) is 10.8. The van der Waals surface area contributed by atoms with Gasteiger partial charge in [0.2, 0.25) is 0 Å². The standard InChI is InChI=1S/C12H17ClN2O2/c1-3-6-14-12(16)15-8-9-4-5-11(17-2)10(13)7-9/h4-5,7H,3,6,8H2,1-2H3,(H2,14,15,16). The Morgan fingerprint density at radius 3 is 2.76 bits per heavy atom. The van der Waals surface area contributed by atoms with Gasteiger partial charge < -0.3 is 15.4 Å². The molecule has 0 aliphatic heterocycles. The average Bonchev–Trinajstić information content (AvgIpc) is 2.34. The molecule has 0 saturated carbocycles. The number of hydrogen-bond acceptors (Lipinski definition) is 2. The number of nitrogens with one attached hydrogen (secondary N) is 2. The molecule has 0 saturated heterocycles. The van der Waals surface area contributed by atoms with Gasteiger partial charge in [0.1, 0.15) is 5.75 Å². The van der Waals surface area contributed by atoms with E-state index in [2.05, 4.69) is 10.6 Å². The number of hydrogen-bond donors (Lipinski definition) is 2. The molecule has 0 aliphatic rings. The Labute approximate surface area is 106 Å². The molecule has 0 bridgehead atoms. The minimum Gasteiger partial charge on any atom is -0.495 e. The minimum absolute atomic E-state index is 0.168. The summed E-state index contributed by atoms with van der Waals surface area (Å²) in [5, 5.41) is 6.02. The van der Waals surface area contributed by atoms with E-state index in [0.717, 1.165) is 12.0 Å². The van der Waals surface area contributed by atoms with Crippen LogP contribution in [-0.2, 0) is 6.54 Å². The van der Waals surface area contributed by atoms with Crippen LogP contribution < -0.4 is 15.4 Å². The summed E-state index contributed by atoms with van der Waals surface area (Å²) in [6.07, 6.45) is 0.918. The van der Waals surface area contributed by atoms with Gasteiger partial charge in [-0.15, -0.1) is 0 Å². The second-order valence-electron chi connectivity index (χ2n) is 3.58. The van der Waals surface area contributed by atoms with E-state index in [1.807, 2.05) is 13.0 Å². The first kappa shape index (κ1) is 13.6. The number of benzene rings is 1. The Bertz CT molecular complexity index is 383. The summed E-state index contributed by atoms with van der Waals surface area (Å²) in [5.41, 5.74) is 0.933. The van der Waals surface area contributed by atoms with Gasteiger partial charge in [-0.3, -0.25) is 0 Å². The summed E-state index contributed by atoms with van der Waals surface area (Å²) in [4.78, 5) is 11.3. The van der Waals surface area contributed by atoms with Gasteiger partial charge in [0.05, 0.1) is 12.1 Å². The molecular formula is C12H17ClN2O2. The molecule has 5 heteroatoms. The predicted molar refractivity (Wildman–Crippen MR) is 68.5 cm³/mol. The van der Waals surface area contributed by atoms with E-state index in [4.69, 9.17) is 16.3 Å². The lowest BCUT2D eigenvalue weighted by Crippen LogP contribution is -2.35. The molecule has 2 N–H and O–H groups in total. The van der Waals surface area contributed by atoms with Crippen LogP contribution in [0.15, 0.2) is 18.2 Å². The van der Waals surface area contributed by atoms with E-state index in [0.29, 0.717) is 23.9 Å². The van der Waals surface area contributed by atoms with Crippen molar-refractivity contribution in [1.29, 1.82) is 0 Å². The van der Waals surface area contributed by atoms with Gasteiger partial charge in [0.25, 0.3) is 0 Å². The Morgan fingerprint density at radius 2 is 2.18 bits per heavy atom. The molecule has 4 nitrogen and oxygen atoms in total. The van der Waals surface area contributed by atoms with Gasteiger partial charge in [-0.2, -0.15) is 0 Å². The molecule has 1 aromatic rings. The molecule has 0 unspecified atom stereocenters. The van der Waals surface area contributed by atoms with Crippen molar-refractivity contribution in [1.82, 2.24) is 10.6 Å². The molecule has 0 fully saturated rings. The van der Waals surface area contributed by atoms with Crippen LogP contribution in [0.4, 0.5) is 4.79 Å². The zero-order valence-electron chi connectivity index (χ0n) is 10.0. The third-order valence-electron chi connectivity index (χ3n) is 2.20. The summed E-state index contributed by atoms with van der Waals surface area (Å²) < 4.78 is 5.05. The molecule has 2 amide bonds. The summed E-state index contributed by atoms with van der Waals surface area (Å²) in [6, 6.07) is 5.26. The van der Waals surface area contributed by atoms with Crippen molar-refractivity contribution >= 4 is 17.6 Å². The average molecular weight is 257 g/mol. The minimum atomic E-state index is -0.168. The van der Waals surface area contributed by atoms with E-state index >= 15 is 0 Å². The summed E-state index contributed by atoms with van der Waals surface area (Å²) in [5.74, 6) is 0.630. The van der Waals surface area contributed by atoms with Crippen molar-refractivity contribution in [2.75, 3.05) is 13.7 Å². The van der Waals surface area contributed by atoms with Gasteiger partial charge in [-0.1, -0.05) is 24.6 Å². The second kappa shape index (κ2) is 7.01. The fourth-order valence-corrected chi connectivity index (χ4v) is 1.58. The summed E-state index contributed by atoms with van der Waals surface area (Å²) >= 11 is 5.98.